The van der Waals surface area contributed by atoms with Gasteiger partial charge in [-0.1, -0.05) is 25.6 Å². The second-order valence-corrected chi connectivity index (χ2v) is 30.5. The number of aliphatic hydroxyl groups excluding tert-OH is 1. The number of hydroxylamine groups is 2. The molecule has 4 aromatic carbocycles. The summed E-state index contributed by atoms with van der Waals surface area (Å²) in [4.78, 5) is 55.9. The Morgan fingerprint density at radius 1 is 0.636 bits per heavy atom. The number of rotatable bonds is 42. The average molecular weight is 1490 g/mol. The van der Waals surface area contributed by atoms with E-state index in [1.807, 2.05) is 0 Å². The van der Waals surface area contributed by atoms with Crippen LogP contribution in [0.1, 0.15) is 69.9 Å². The molecule has 1 aliphatic carbocycles. The lowest BCUT2D eigenvalue weighted by Crippen LogP contribution is -2.34. The molecule has 3 aliphatic rings. The zero-order chi connectivity index (χ0) is 72.9. The number of aliphatic hydroxyl groups is 1. The molecule has 2 atom stereocenters. The van der Waals surface area contributed by atoms with Gasteiger partial charge in [-0.2, -0.15) is 42.1 Å². The highest BCUT2D eigenvalue weighted by Crippen LogP contribution is 2.55. The summed E-state index contributed by atoms with van der Waals surface area (Å²) in [6.07, 6.45) is 0.401. The number of amides is 2. The molecule has 2 heterocycles. The van der Waals surface area contributed by atoms with Gasteiger partial charge in [-0.15, -0.1) is 5.06 Å². The fourth-order valence-corrected chi connectivity index (χ4v) is 14.8. The molecule has 99 heavy (non-hydrogen) atoms. The third-order valence-electron chi connectivity index (χ3n) is 16.5. The second kappa shape index (κ2) is 33.8. The third-order valence-corrected chi connectivity index (χ3v) is 20.8. The molecule has 7 N–H and O–H groups in total. The standard InChI is InChI=1S/C62H79N3O29S5/c1-40(61(2,15-7-33-95(71,72)73)57-45-35-41(96(74,75)76)37-51(98(80,81)82)43(45)9-11-49(57)63-17-20-89-26-28-93-32-30-91-24-22-87-5)34-47-59(69)48(60(47)70)39-53-62(3,16-19-88-25-27-92-31-29-90-23-21-86-4)58-46-36-42(97(77,78)79)38-52(99(83,84)85)44(46)10-12-50(58)64(53)18-6-8-56(68)94-65-54(66)13-14-55(65)67/h9-12,34-39,63,69H,1,6-8,13-33H2,2-5H3,(H,71,72,73)(H,74,75,76)(H,77,78,79)(H,80,81,82)(H,83,84,85)/b47-34-,53-39+. The van der Waals surface area contributed by atoms with Crippen LogP contribution in [0.15, 0.2) is 115 Å². The van der Waals surface area contributed by atoms with E-state index in [4.69, 9.17) is 42.7 Å². The highest BCUT2D eigenvalue weighted by Gasteiger charge is 2.48. The van der Waals surface area contributed by atoms with Crippen LogP contribution in [0.4, 0.5) is 11.4 Å². The van der Waals surface area contributed by atoms with E-state index in [1.165, 1.54) is 51.5 Å². The number of allylic oxidation sites excluding steroid dienone is 6. The van der Waals surface area contributed by atoms with E-state index in [0.717, 1.165) is 18.2 Å². The van der Waals surface area contributed by atoms with Crippen molar-refractivity contribution in [2.45, 2.75) is 89.2 Å². The Morgan fingerprint density at radius 3 is 1.62 bits per heavy atom. The molecule has 4 aromatic rings. The van der Waals surface area contributed by atoms with E-state index < -0.39 is 140 Å². The number of Topliss-reactive ketones (excluding diaryl/α,β-unsaturated/α-hetero) is 1. The summed E-state index contributed by atoms with van der Waals surface area (Å²) < 4.78 is 224. The molecule has 7 rings (SSSR count). The Morgan fingerprint density at radius 2 is 1.12 bits per heavy atom. The van der Waals surface area contributed by atoms with Crippen molar-refractivity contribution < 1.29 is 132 Å². The molecule has 1 saturated heterocycles. The van der Waals surface area contributed by atoms with Crippen molar-refractivity contribution in [3.8, 4) is 0 Å². The minimum absolute atomic E-state index is 0.0158. The zero-order valence-electron chi connectivity index (χ0n) is 54.5. The van der Waals surface area contributed by atoms with Crippen molar-refractivity contribution >= 4 is 107 Å². The van der Waals surface area contributed by atoms with E-state index >= 15 is 4.79 Å². The molecular weight excluding hydrogens is 1410 g/mol. The molecule has 2 aliphatic heterocycles. The molecular formula is C62H79N3O29S5. The predicted octanol–water partition coefficient (Wildman–Crippen LogP) is 5.03. The fourth-order valence-electron chi connectivity index (χ4n) is 11.6. The van der Waals surface area contributed by atoms with Crippen molar-refractivity contribution in [2.75, 3.05) is 136 Å². The summed E-state index contributed by atoms with van der Waals surface area (Å²) in [7, 11) is -22.8. The number of ketones is 1. The topological polar surface area (TPSA) is 462 Å². The van der Waals surface area contributed by atoms with Gasteiger partial charge in [0.2, 0.25) is 5.78 Å². The highest BCUT2D eigenvalue weighted by atomic mass is 32.2. The lowest BCUT2D eigenvalue weighted by atomic mass is 9.69. The molecule has 37 heteroatoms. The number of hydrogen-bond acceptors (Lipinski definition) is 26. The Bertz CT molecular complexity index is 4410. The van der Waals surface area contributed by atoms with Crippen LogP contribution in [0.2, 0.25) is 0 Å². The quantitative estimate of drug-likeness (QED) is 0.0132. The van der Waals surface area contributed by atoms with Gasteiger partial charge in [0.1, 0.15) is 15.6 Å². The highest BCUT2D eigenvalue weighted by molar-refractivity contribution is 7.87. The largest absolute Gasteiger partial charge is 0.506 e. The minimum atomic E-state index is -5.33. The van der Waals surface area contributed by atoms with Gasteiger partial charge in [0, 0.05) is 91.9 Å². The number of hydrogen-bond donors (Lipinski definition) is 7. The lowest BCUT2D eigenvalue weighted by Gasteiger charge is -2.36. The molecule has 0 radical (unpaired) electrons. The van der Waals surface area contributed by atoms with E-state index in [0.29, 0.717) is 43.6 Å². The summed E-state index contributed by atoms with van der Waals surface area (Å²) >= 11 is 0. The number of methoxy groups -OCH3 is 2. The first-order chi connectivity index (χ1) is 46.5. The Labute approximate surface area is 572 Å². The maximum atomic E-state index is 15.0. The summed E-state index contributed by atoms with van der Waals surface area (Å²) in [5, 5.41) is 14.8. The molecule has 32 nitrogen and oxygen atoms in total. The monoisotopic (exact) mass is 1490 g/mol. The van der Waals surface area contributed by atoms with Crippen molar-refractivity contribution in [1.29, 1.82) is 0 Å². The summed E-state index contributed by atoms with van der Waals surface area (Å²) in [5.74, 6) is -5.06. The number of imide groups is 1. The van der Waals surface area contributed by atoms with Gasteiger partial charge in [-0.3, -0.25) is 37.1 Å². The van der Waals surface area contributed by atoms with Gasteiger partial charge in [-0.05, 0) is 109 Å². The smallest absolute Gasteiger partial charge is 0.333 e. The maximum Gasteiger partial charge on any atom is 0.333 e. The first kappa shape index (κ1) is 79.6. The SMILES string of the molecule is C=C(/C=C1\C(=O)C(/C=C2/N(CCCC(=O)ON3C(=O)CCC3=O)c3ccc4c(S(=O)(=O)O)cc(S(=O)(=O)O)cc4c3C2(C)CCOCCOCCOCCOC)=C1O)C(C)(CCCS(=O)(=O)O)c1c(NCCOCCOCCOCCOC)ccc2c(S(=O)(=O)O)cc(S(=O)(=O)O)cc12. The van der Waals surface area contributed by atoms with Gasteiger partial charge in [-0.25, -0.2) is 4.79 Å². The number of carbonyl (C=O) groups excluding carboxylic acids is 4. The number of carbonyl (C=O) groups is 4. The van der Waals surface area contributed by atoms with E-state index in [9.17, 15) is 84.3 Å². The maximum absolute atomic E-state index is 15.0. The van der Waals surface area contributed by atoms with Crippen LogP contribution in [-0.2, 0) is 123 Å². The van der Waals surface area contributed by atoms with Gasteiger partial charge >= 0.3 is 5.97 Å². The Kier molecular flexibility index (Phi) is 27.2. The van der Waals surface area contributed by atoms with Crippen LogP contribution in [-0.4, -0.2) is 224 Å². The van der Waals surface area contributed by atoms with Crippen LogP contribution in [0.25, 0.3) is 21.5 Å². The average Bonchev–Trinajstić information content (AvgIpc) is 1.60. The van der Waals surface area contributed by atoms with Gasteiger partial charge in [0.15, 0.2) is 0 Å². The van der Waals surface area contributed by atoms with Crippen LogP contribution < -0.4 is 10.2 Å². The van der Waals surface area contributed by atoms with Crippen LogP contribution >= 0.6 is 0 Å². The number of anilines is 2. The predicted molar refractivity (Wildman–Crippen MR) is 353 cm³/mol. The zero-order valence-corrected chi connectivity index (χ0v) is 58.5. The molecule has 0 aromatic heterocycles. The Balaban J connectivity index is 1.37. The number of nitrogens with one attached hydrogen (secondary N) is 1. The van der Waals surface area contributed by atoms with Gasteiger partial charge in [0.25, 0.3) is 62.4 Å². The first-order valence-electron chi connectivity index (χ1n) is 30.7. The van der Waals surface area contributed by atoms with Crippen LogP contribution in [0.5, 0.6) is 0 Å². The Hall–Kier alpha value is -6.73. The number of fused-ring (bicyclic) bond motifs is 4. The normalized spacial score (nSPS) is 17.7. The van der Waals surface area contributed by atoms with E-state index in [2.05, 4.69) is 11.9 Å². The number of ether oxygens (including phenoxy) is 8. The molecule has 546 valence electrons. The second-order valence-electron chi connectivity index (χ2n) is 23.3. The van der Waals surface area contributed by atoms with Crippen molar-refractivity contribution in [2.24, 2.45) is 0 Å². The summed E-state index contributed by atoms with van der Waals surface area (Å²) in [5.41, 5.74) is -4.07. The molecule has 0 saturated carbocycles. The van der Waals surface area contributed by atoms with Crippen molar-refractivity contribution in [3.63, 3.8) is 0 Å². The molecule has 0 bridgehead atoms. The molecule has 2 unspecified atom stereocenters. The van der Waals surface area contributed by atoms with Crippen LogP contribution in [0.3, 0.4) is 0 Å². The van der Waals surface area contributed by atoms with Gasteiger partial charge in [0.05, 0.1) is 113 Å². The fraction of sp³-hybridized carbons (Fsp3) is 0.484. The number of benzene rings is 4. The van der Waals surface area contributed by atoms with Crippen molar-refractivity contribution in [3.05, 3.63) is 107 Å². The summed E-state index contributed by atoms with van der Waals surface area (Å²) in [6.45, 7) is 9.50. The van der Waals surface area contributed by atoms with E-state index in [1.54, 1.807) is 11.8 Å². The van der Waals surface area contributed by atoms with E-state index in [-0.39, 0.29) is 167 Å². The van der Waals surface area contributed by atoms with Crippen LogP contribution in [0, 0.1) is 0 Å². The molecule has 2 amide bonds. The van der Waals surface area contributed by atoms with Crippen molar-refractivity contribution in [1.82, 2.24) is 5.06 Å². The first-order valence-corrected chi connectivity index (χ1v) is 38.1. The third kappa shape index (κ3) is 20.1. The number of nitrogens with zero attached hydrogens (tertiary/aromatic N) is 2. The molecule has 1 fully saturated rings. The lowest BCUT2D eigenvalue weighted by molar-refractivity contribution is -0.197. The summed E-state index contributed by atoms with van der Waals surface area (Å²) in [6, 6.07) is 8.11. The molecule has 0 spiro atoms. The minimum Gasteiger partial charge on any atom is -0.506 e. The van der Waals surface area contributed by atoms with Gasteiger partial charge < -0.3 is 58.1 Å².